The number of nitrogens with one attached hydrogen (secondary N) is 1. The van der Waals surface area contributed by atoms with Gasteiger partial charge in [0.05, 0.1) is 0 Å². The van der Waals surface area contributed by atoms with Crippen molar-refractivity contribution in [2.75, 3.05) is 24.5 Å². The first kappa shape index (κ1) is 20.2. The van der Waals surface area contributed by atoms with Crippen molar-refractivity contribution >= 4 is 29.0 Å². The molecule has 7 nitrogen and oxygen atoms in total. The molecule has 0 atom stereocenters. The van der Waals surface area contributed by atoms with Crippen LogP contribution in [0, 0.1) is 5.92 Å². The predicted octanol–water partition coefficient (Wildman–Crippen LogP) is 3.59. The molecule has 1 aromatic heterocycles. The summed E-state index contributed by atoms with van der Waals surface area (Å²) in [5.41, 5.74) is 1.65. The quantitative estimate of drug-likeness (QED) is 0.605. The fraction of sp³-hybridized carbons (Fsp3) is 0.571. The molecule has 2 aromatic rings. The molecule has 1 aliphatic rings. The molecule has 0 radical (unpaired) electrons. The Morgan fingerprint density at radius 1 is 1.11 bits per heavy atom. The SMILES string of the molecule is O=C(O)CCCCCCCNC(=O)C1CCN(c2nc3ccccc3o2)CC1. The van der Waals surface area contributed by atoms with Gasteiger partial charge in [0.25, 0.3) is 6.01 Å². The first-order valence-corrected chi connectivity index (χ1v) is 10.2. The van der Waals surface area contributed by atoms with E-state index < -0.39 is 5.97 Å². The van der Waals surface area contributed by atoms with Crippen molar-refractivity contribution in [2.45, 2.75) is 51.4 Å². The van der Waals surface area contributed by atoms with E-state index in [1.54, 1.807) is 0 Å². The van der Waals surface area contributed by atoms with E-state index in [-0.39, 0.29) is 18.2 Å². The van der Waals surface area contributed by atoms with E-state index in [1.165, 1.54) is 0 Å². The second kappa shape index (κ2) is 10.1. The van der Waals surface area contributed by atoms with Crippen LogP contribution in [-0.2, 0) is 9.59 Å². The van der Waals surface area contributed by atoms with E-state index in [1.807, 2.05) is 24.3 Å². The van der Waals surface area contributed by atoms with Crippen molar-refractivity contribution in [3.8, 4) is 0 Å². The van der Waals surface area contributed by atoms with E-state index in [4.69, 9.17) is 9.52 Å². The lowest BCUT2D eigenvalue weighted by atomic mass is 9.96. The van der Waals surface area contributed by atoms with Crippen LogP contribution in [0.1, 0.15) is 51.4 Å². The first-order valence-electron chi connectivity index (χ1n) is 10.2. The molecule has 7 heteroatoms. The molecule has 1 aromatic carbocycles. The average molecular weight is 387 g/mol. The minimum absolute atomic E-state index is 0.0520. The van der Waals surface area contributed by atoms with E-state index in [0.717, 1.165) is 69.1 Å². The van der Waals surface area contributed by atoms with E-state index in [9.17, 15) is 9.59 Å². The number of carbonyl (C=O) groups is 2. The van der Waals surface area contributed by atoms with Gasteiger partial charge in [-0.2, -0.15) is 4.98 Å². The number of aromatic nitrogens is 1. The number of nitrogens with zero attached hydrogens (tertiary/aromatic N) is 2. The Balaban J connectivity index is 1.31. The normalized spacial score (nSPS) is 15.1. The highest BCUT2D eigenvalue weighted by molar-refractivity contribution is 5.79. The molecule has 1 fully saturated rings. The number of carboxylic acid groups (broad SMARTS) is 1. The number of aliphatic carboxylic acids is 1. The van der Waals surface area contributed by atoms with Crippen LogP contribution < -0.4 is 10.2 Å². The number of rotatable bonds is 10. The Labute approximate surface area is 165 Å². The molecule has 2 N–H and O–H groups in total. The number of carboxylic acids is 1. The lowest BCUT2D eigenvalue weighted by Crippen LogP contribution is -2.40. The maximum Gasteiger partial charge on any atom is 0.303 e. The fourth-order valence-corrected chi connectivity index (χ4v) is 3.62. The van der Waals surface area contributed by atoms with Gasteiger partial charge in [-0.25, -0.2) is 0 Å². The number of hydrogen-bond donors (Lipinski definition) is 2. The van der Waals surface area contributed by atoms with Gasteiger partial charge in [0.1, 0.15) is 5.52 Å². The molecule has 0 aliphatic carbocycles. The third-order valence-electron chi connectivity index (χ3n) is 5.29. The monoisotopic (exact) mass is 387 g/mol. The van der Waals surface area contributed by atoms with Crippen molar-refractivity contribution in [3.63, 3.8) is 0 Å². The number of carbonyl (C=O) groups excluding carboxylic acids is 1. The Kier molecular flexibility index (Phi) is 7.28. The van der Waals surface area contributed by atoms with Crippen LogP contribution in [0.4, 0.5) is 6.01 Å². The van der Waals surface area contributed by atoms with Crippen molar-refractivity contribution in [3.05, 3.63) is 24.3 Å². The van der Waals surface area contributed by atoms with Crippen LogP contribution in [-0.4, -0.2) is 41.6 Å². The number of anilines is 1. The Hall–Kier alpha value is -2.57. The van der Waals surface area contributed by atoms with E-state index >= 15 is 0 Å². The number of piperidine rings is 1. The summed E-state index contributed by atoms with van der Waals surface area (Å²) < 4.78 is 5.82. The van der Waals surface area contributed by atoms with Gasteiger partial charge < -0.3 is 19.7 Å². The highest BCUT2D eigenvalue weighted by atomic mass is 16.4. The Morgan fingerprint density at radius 3 is 2.57 bits per heavy atom. The molecule has 3 rings (SSSR count). The summed E-state index contributed by atoms with van der Waals surface area (Å²) in [4.78, 5) is 29.4. The minimum atomic E-state index is -0.727. The molecule has 0 spiro atoms. The highest BCUT2D eigenvalue weighted by Gasteiger charge is 2.26. The number of amides is 1. The van der Waals surface area contributed by atoms with Crippen LogP contribution in [0.5, 0.6) is 0 Å². The van der Waals surface area contributed by atoms with Crippen LogP contribution in [0.3, 0.4) is 0 Å². The molecular formula is C21H29N3O4. The molecule has 1 aliphatic heterocycles. The van der Waals surface area contributed by atoms with Crippen molar-refractivity contribution in [1.82, 2.24) is 10.3 Å². The van der Waals surface area contributed by atoms with E-state index in [2.05, 4.69) is 15.2 Å². The summed E-state index contributed by atoms with van der Waals surface area (Å²) in [7, 11) is 0. The highest BCUT2D eigenvalue weighted by Crippen LogP contribution is 2.26. The molecule has 1 saturated heterocycles. The zero-order chi connectivity index (χ0) is 19.8. The summed E-state index contributed by atoms with van der Waals surface area (Å²) in [5, 5.41) is 11.6. The zero-order valence-corrected chi connectivity index (χ0v) is 16.2. The molecule has 0 bridgehead atoms. The molecule has 2 heterocycles. The molecule has 152 valence electrons. The maximum absolute atomic E-state index is 12.4. The summed E-state index contributed by atoms with van der Waals surface area (Å²) in [5.74, 6) is -0.534. The lowest BCUT2D eigenvalue weighted by Gasteiger charge is -2.30. The summed E-state index contributed by atoms with van der Waals surface area (Å²) in [6, 6.07) is 8.38. The molecule has 0 unspecified atom stereocenters. The second-order valence-electron chi connectivity index (χ2n) is 7.43. The maximum atomic E-state index is 12.4. The van der Waals surface area contributed by atoms with Crippen LogP contribution in [0.2, 0.25) is 0 Å². The van der Waals surface area contributed by atoms with Crippen LogP contribution in [0.15, 0.2) is 28.7 Å². The zero-order valence-electron chi connectivity index (χ0n) is 16.2. The minimum Gasteiger partial charge on any atom is -0.481 e. The first-order chi connectivity index (χ1) is 13.6. The number of benzene rings is 1. The average Bonchev–Trinajstić information content (AvgIpc) is 3.14. The number of para-hydroxylation sites is 2. The predicted molar refractivity (Wildman–Crippen MR) is 107 cm³/mol. The van der Waals surface area contributed by atoms with Gasteiger partial charge in [-0.1, -0.05) is 31.4 Å². The summed E-state index contributed by atoms with van der Waals surface area (Å²) in [6.45, 7) is 2.24. The fourth-order valence-electron chi connectivity index (χ4n) is 3.62. The van der Waals surface area contributed by atoms with Gasteiger partial charge in [0.15, 0.2) is 5.58 Å². The van der Waals surface area contributed by atoms with Crippen molar-refractivity contribution in [1.29, 1.82) is 0 Å². The van der Waals surface area contributed by atoms with Gasteiger partial charge in [-0.15, -0.1) is 0 Å². The van der Waals surface area contributed by atoms with Crippen molar-refractivity contribution < 1.29 is 19.1 Å². The van der Waals surface area contributed by atoms with Crippen LogP contribution >= 0.6 is 0 Å². The molecule has 1 amide bonds. The number of oxazole rings is 1. The topological polar surface area (TPSA) is 95.7 Å². The summed E-state index contributed by atoms with van der Waals surface area (Å²) in [6.07, 6.45) is 6.52. The van der Waals surface area contributed by atoms with Gasteiger partial charge in [-0.05, 0) is 37.8 Å². The van der Waals surface area contributed by atoms with Gasteiger partial charge in [0, 0.05) is 32.0 Å². The van der Waals surface area contributed by atoms with Crippen LogP contribution in [0.25, 0.3) is 11.1 Å². The second-order valence-corrected chi connectivity index (χ2v) is 7.43. The molecular weight excluding hydrogens is 358 g/mol. The van der Waals surface area contributed by atoms with Gasteiger partial charge >= 0.3 is 5.97 Å². The third kappa shape index (κ3) is 5.71. The lowest BCUT2D eigenvalue weighted by molar-refractivity contribution is -0.137. The largest absolute Gasteiger partial charge is 0.481 e. The Bertz CT molecular complexity index is 748. The standard InChI is InChI=1S/C21H29N3O4/c25-19(26)10-4-2-1-3-7-13-22-20(27)16-11-14-24(15-12-16)21-23-17-8-5-6-9-18(17)28-21/h5-6,8-9,16H,1-4,7,10-15H2,(H,22,27)(H,25,26). The number of hydrogen-bond acceptors (Lipinski definition) is 5. The Morgan fingerprint density at radius 2 is 1.82 bits per heavy atom. The van der Waals surface area contributed by atoms with Gasteiger partial charge in [-0.3, -0.25) is 9.59 Å². The smallest absolute Gasteiger partial charge is 0.303 e. The number of unbranched alkanes of at least 4 members (excludes halogenated alkanes) is 4. The number of fused-ring (bicyclic) bond motifs is 1. The summed E-state index contributed by atoms with van der Waals surface area (Å²) >= 11 is 0. The molecule has 0 saturated carbocycles. The third-order valence-corrected chi connectivity index (χ3v) is 5.29. The van der Waals surface area contributed by atoms with Gasteiger partial charge in [0.2, 0.25) is 5.91 Å². The van der Waals surface area contributed by atoms with E-state index in [0.29, 0.717) is 12.6 Å². The molecule has 28 heavy (non-hydrogen) atoms. The van der Waals surface area contributed by atoms with Crippen molar-refractivity contribution in [2.24, 2.45) is 5.92 Å².